The first-order valence-electron chi connectivity index (χ1n) is 8.20. The molecule has 4 heteroatoms. The van der Waals surface area contributed by atoms with Crippen molar-refractivity contribution in [1.82, 2.24) is 0 Å². The van der Waals surface area contributed by atoms with Crippen LogP contribution in [0, 0.1) is 0 Å². The highest BCUT2D eigenvalue weighted by Gasteiger charge is 2.40. The molecule has 0 aromatic heterocycles. The van der Waals surface area contributed by atoms with Crippen LogP contribution in [-0.2, 0) is 25.6 Å². The Balaban J connectivity index is 1.45. The molecule has 4 rings (SSSR count). The first kappa shape index (κ1) is 15.4. The highest BCUT2D eigenvalue weighted by molar-refractivity contribution is 5.17. The Hall–Kier alpha value is -2.14. The van der Waals surface area contributed by atoms with Crippen molar-refractivity contribution in [1.29, 1.82) is 0 Å². The Labute approximate surface area is 141 Å². The van der Waals surface area contributed by atoms with Crippen molar-refractivity contribution in [3.05, 3.63) is 84.1 Å². The molecule has 0 amide bonds. The first-order valence-corrected chi connectivity index (χ1v) is 8.20. The van der Waals surface area contributed by atoms with Crippen molar-refractivity contribution >= 4 is 0 Å². The summed E-state index contributed by atoms with van der Waals surface area (Å²) in [4.78, 5) is 0. The summed E-state index contributed by atoms with van der Waals surface area (Å²) in [7, 11) is 0. The van der Waals surface area contributed by atoms with E-state index in [1.54, 1.807) is 6.26 Å². The molecule has 2 unspecified atom stereocenters. The van der Waals surface area contributed by atoms with Crippen LogP contribution in [0.2, 0.25) is 0 Å². The first-order chi connectivity index (χ1) is 11.9. The van der Waals surface area contributed by atoms with Gasteiger partial charge in [-0.2, -0.15) is 0 Å². The maximum Gasteiger partial charge on any atom is 0.184 e. The van der Waals surface area contributed by atoms with Gasteiger partial charge >= 0.3 is 0 Å². The molecule has 0 radical (unpaired) electrons. The van der Waals surface area contributed by atoms with Crippen LogP contribution in [0.15, 0.2) is 73.0 Å². The largest absolute Gasteiger partial charge is 0.493 e. The van der Waals surface area contributed by atoms with Gasteiger partial charge < -0.3 is 18.9 Å². The molecule has 2 aromatic carbocycles. The lowest BCUT2D eigenvalue weighted by Gasteiger charge is -2.40. The van der Waals surface area contributed by atoms with E-state index in [9.17, 15) is 0 Å². The Morgan fingerprint density at radius 2 is 1.71 bits per heavy atom. The van der Waals surface area contributed by atoms with Gasteiger partial charge in [0.15, 0.2) is 12.4 Å². The number of hydrogen-bond acceptors (Lipinski definition) is 4. The lowest BCUT2D eigenvalue weighted by atomic mass is 10.0. The van der Waals surface area contributed by atoms with Gasteiger partial charge in [0.05, 0.1) is 19.5 Å². The average Bonchev–Trinajstić information content (AvgIpc) is 2.67. The van der Waals surface area contributed by atoms with Crippen molar-refractivity contribution in [2.75, 3.05) is 6.61 Å². The topological polar surface area (TPSA) is 36.9 Å². The fourth-order valence-corrected chi connectivity index (χ4v) is 2.99. The molecule has 0 N–H and O–H groups in total. The molecule has 4 atom stereocenters. The van der Waals surface area contributed by atoms with E-state index >= 15 is 0 Å². The number of ether oxygens (including phenoxy) is 4. The summed E-state index contributed by atoms with van der Waals surface area (Å²) in [6.07, 6.45) is 2.74. The molecular weight excluding hydrogens is 304 g/mol. The minimum atomic E-state index is -0.384. The van der Waals surface area contributed by atoms with Gasteiger partial charge in [-0.25, -0.2) is 0 Å². The third kappa shape index (κ3) is 3.36. The standard InChI is InChI=1S/C20H20O4/c1-3-7-15(8-4-1)13-22-17-11-12-21-18-14-23-20(24-19(17)18)16-9-5-2-6-10-16/h1-12,17-20H,13-14H2/t17-,18?,19+,20?/m1/s1. The molecule has 24 heavy (non-hydrogen) atoms. The molecule has 0 saturated carbocycles. The molecule has 124 valence electrons. The van der Waals surface area contributed by atoms with Crippen LogP contribution in [0.3, 0.4) is 0 Å². The van der Waals surface area contributed by atoms with Gasteiger partial charge in [-0.05, 0) is 11.6 Å². The Morgan fingerprint density at radius 1 is 0.958 bits per heavy atom. The lowest BCUT2D eigenvalue weighted by molar-refractivity contribution is -0.281. The Kier molecular flexibility index (Phi) is 4.60. The third-order valence-corrected chi connectivity index (χ3v) is 4.26. The fourth-order valence-electron chi connectivity index (χ4n) is 2.99. The third-order valence-electron chi connectivity index (χ3n) is 4.26. The number of fused-ring (bicyclic) bond motifs is 1. The summed E-state index contributed by atoms with van der Waals surface area (Å²) in [5, 5.41) is 0. The molecule has 0 bridgehead atoms. The van der Waals surface area contributed by atoms with E-state index in [1.165, 1.54) is 0 Å². The van der Waals surface area contributed by atoms with Crippen LogP contribution in [0.25, 0.3) is 0 Å². The molecule has 4 nitrogen and oxygen atoms in total. The van der Waals surface area contributed by atoms with Crippen LogP contribution in [0.5, 0.6) is 0 Å². The van der Waals surface area contributed by atoms with Crippen molar-refractivity contribution in [3.8, 4) is 0 Å². The van der Waals surface area contributed by atoms with Crippen LogP contribution < -0.4 is 0 Å². The van der Waals surface area contributed by atoms with Gasteiger partial charge in [-0.1, -0.05) is 60.7 Å². The molecule has 1 saturated heterocycles. The molecule has 2 aliphatic rings. The Bertz CT molecular complexity index is 671. The molecule has 0 spiro atoms. The highest BCUT2D eigenvalue weighted by Crippen LogP contribution is 2.32. The van der Waals surface area contributed by atoms with Crippen molar-refractivity contribution in [3.63, 3.8) is 0 Å². The van der Waals surface area contributed by atoms with E-state index in [1.807, 2.05) is 54.6 Å². The van der Waals surface area contributed by atoms with Gasteiger partial charge in [0.2, 0.25) is 0 Å². The summed E-state index contributed by atoms with van der Waals surface area (Å²) in [6, 6.07) is 20.1. The highest BCUT2D eigenvalue weighted by atomic mass is 16.7. The zero-order valence-electron chi connectivity index (χ0n) is 13.3. The molecule has 2 heterocycles. The smallest absolute Gasteiger partial charge is 0.184 e. The second-order valence-corrected chi connectivity index (χ2v) is 5.94. The predicted octanol–water partition coefficient (Wildman–Crippen LogP) is 3.60. The molecular formula is C20H20O4. The van der Waals surface area contributed by atoms with E-state index in [0.717, 1.165) is 11.1 Å². The van der Waals surface area contributed by atoms with E-state index < -0.39 is 0 Å². The van der Waals surface area contributed by atoms with Crippen LogP contribution in [0.1, 0.15) is 17.4 Å². The number of rotatable bonds is 4. The SMILES string of the molecule is C1=C[C@@H](OCc2ccccc2)[C@@H]2OC(c3ccccc3)OCC2O1. The zero-order chi connectivity index (χ0) is 16.2. The molecule has 2 aromatic rings. The van der Waals surface area contributed by atoms with Gasteiger partial charge in [0, 0.05) is 5.56 Å². The van der Waals surface area contributed by atoms with Gasteiger partial charge in [-0.15, -0.1) is 0 Å². The summed E-state index contributed by atoms with van der Waals surface area (Å²) in [6.45, 7) is 1.03. The zero-order valence-corrected chi connectivity index (χ0v) is 13.3. The Morgan fingerprint density at radius 3 is 2.50 bits per heavy atom. The molecule has 2 aliphatic heterocycles. The van der Waals surface area contributed by atoms with Gasteiger partial charge in [-0.3, -0.25) is 0 Å². The van der Waals surface area contributed by atoms with E-state index in [0.29, 0.717) is 13.2 Å². The van der Waals surface area contributed by atoms with Gasteiger partial charge in [0.25, 0.3) is 0 Å². The lowest BCUT2D eigenvalue weighted by Crippen LogP contribution is -2.50. The maximum absolute atomic E-state index is 6.15. The predicted molar refractivity (Wildman–Crippen MR) is 89.0 cm³/mol. The van der Waals surface area contributed by atoms with Crippen molar-refractivity contribution in [2.45, 2.75) is 31.2 Å². The quantitative estimate of drug-likeness (QED) is 0.861. The summed E-state index contributed by atoms with van der Waals surface area (Å²) in [5.74, 6) is 0. The second kappa shape index (κ2) is 7.18. The average molecular weight is 324 g/mol. The monoisotopic (exact) mass is 324 g/mol. The minimum absolute atomic E-state index is 0.143. The summed E-state index contributed by atoms with van der Waals surface area (Å²) >= 11 is 0. The van der Waals surface area contributed by atoms with Crippen LogP contribution >= 0.6 is 0 Å². The van der Waals surface area contributed by atoms with E-state index in [4.69, 9.17) is 18.9 Å². The molecule has 0 aliphatic carbocycles. The van der Waals surface area contributed by atoms with E-state index in [2.05, 4.69) is 12.1 Å². The molecule has 1 fully saturated rings. The van der Waals surface area contributed by atoms with Crippen molar-refractivity contribution in [2.24, 2.45) is 0 Å². The van der Waals surface area contributed by atoms with Crippen LogP contribution in [-0.4, -0.2) is 24.9 Å². The van der Waals surface area contributed by atoms with Crippen LogP contribution in [0.4, 0.5) is 0 Å². The summed E-state index contributed by atoms with van der Waals surface area (Å²) in [5.41, 5.74) is 2.15. The summed E-state index contributed by atoms with van der Waals surface area (Å²) < 4.78 is 23.7. The minimum Gasteiger partial charge on any atom is -0.493 e. The second-order valence-electron chi connectivity index (χ2n) is 5.94. The van der Waals surface area contributed by atoms with Gasteiger partial charge in [0.1, 0.15) is 12.2 Å². The normalized spacial score (nSPS) is 28.8. The van der Waals surface area contributed by atoms with Crippen molar-refractivity contribution < 1.29 is 18.9 Å². The fraction of sp³-hybridized carbons (Fsp3) is 0.300. The van der Waals surface area contributed by atoms with E-state index in [-0.39, 0.29) is 24.6 Å². The number of hydrogen-bond donors (Lipinski definition) is 0. The number of benzene rings is 2. The maximum atomic E-state index is 6.15.